The zero-order valence-corrected chi connectivity index (χ0v) is 12.1. The first-order chi connectivity index (χ1) is 7.50. The Balaban J connectivity index is 0.00000256. The molecule has 0 atom stereocenters. The smallest absolute Gasteiger partial charge is 0.311 e. The molecular weight excluding hydrogens is 238 g/mol. The number of rotatable bonds is 4. The third kappa shape index (κ3) is 6.89. The first-order valence-electron chi connectivity index (χ1n) is 6.40. The summed E-state index contributed by atoms with van der Waals surface area (Å²) in [7, 11) is 0. The minimum atomic E-state index is -0.370. The number of carbonyl (C=O) groups excluding carboxylic acids is 1. The number of nitrogens with zero attached hydrogens (tertiary/aromatic N) is 1. The minimum Gasteiger partial charge on any atom is -0.465 e. The normalized spacial score (nSPS) is 17.4. The topological polar surface area (TPSA) is 29.5 Å². The van der Waals surface area contributed by atoms with Crippen LogP contribution in [0, 0.1) is 5.41 Å². The Morgan fingerprint density at radius 3 is 2.29 bits per heavy atom. The fourth-order valence-corrected chi connectivity index (χ4v) is 1.85. The summed E-state index contributed by atoms with van der Waals surface area (Å²) in [6.45, 7) is 9.73. The maximum Gasteiger partial charge on any atom is 0.311 e. The van der Waals surface area contributed by atoms with E-state index in [0.29, 0.717) is 6.61 Å². The molecule has 17 heavy (non-hydrogen) atoms. The van der Waals surface area contributed by atoms with Crippen molar-refractivity contribution in [3.63, 3.8) is 0 Å². The van der Waals surface area contributed by atoms with Crippen molar-refractivity contribution in [2.75, 3.05) is 26.2 Å². The molecule has 3 nitrogen and oxygen atoms in total. The lowest BCUT2D eigenvalue weighted by Gasteiger charge is -2.26. The zero-order valence-electron chi connectivity index (χ0n) is 11.3. The van der Waals surface area contributed by atoms with E-state index in [9.17, 15) is 4.79 Å². The number of ether oxygens (including phenoxy) is 1. The van der Waals surface area contributed by atoms with Crippen LogP contribution in [0.15, 0.2) is 0 Å². The van der Waals surface area contributed by atoms with E-state index < -0.39 is 0 Å². The highest BCUT2D eigenvalue weighted by molar-refractivity contribution is 5.85. The van der Waals surface area contributed by atoms with E-state index in [4.69, 9.17) is 4.74 Å². The summed E-state index contributed by atoms with van der Waals surface area (Å²) in [6.07, 6.45) is 4.97. The van der Waals surface area contributed by atoms with Gasteiger partial charge in [0, 0.05) is 6.54 Å². The predicted molar refractivity (Wildman–Crippen MR) is 72.6 cm³/mol. The van der Waals surface area contributed by atoms with Crippen LogP contribution >= 0.6 is 12.4 Å². The van der Waals surface area contributed by atoms with Crippen LogP contribution in [-0.4, -0.2) is 37.1 Å². The van der Waals surface area contributed by atoms with Gasteiger partial charge < -0.3 is 9.64 Å². The molecule has 1 rings (SSSR count). The Kier molecular flexibility index (Phi) is 7.80. The van der Waals surface area contributed by atoms with Crippen LogP contribution in [0.4, 0.5) is 0 Å². The average molecular weight is 264 g/mol. The van der Waals surface area contributed by atoms with Crippen LogP contribution in [-0.2, 0) is 9.53 Å². The van der Waals surface area contributed by atoms with E-state index in [2.05, 4.69) is 4.90 Å². The van der Waals surface area contributed by atoms with Gasteiger partial charge in [0.1, 0.15) is 0 Å². The molecule has 0 radical (unpaired) electrons. The standard InChI is InChI=1S/C13H25NO2.ClH/c1-13(2,3)12(15)16-11-7-10-14-8-5-4-6-9-14;/h4-11H2,1-3H3;1H. The van der Waals surface area contributed by atoms with Crippen molar-refractivity contribution in [1.82, 2.24) is 4.90 Å². The van der Waals surface area contributed by atoms with Crippen molar-refractivity contribution in [2.24, 2.45) is 5.41 Å². The fourth-order valence-electron chi connectivity index (χ4n) is 1.85. The van der Waals surface area contributed by atoms with Crippen molar-refractivity contribution < 1.29 is 9.53 Å². The predicted octanol–water partition coefficient (Wildman–Crippen LogP) is 2.87. The second-order valence-electron chi connectivity index (χ2n) is 5.64. The first kappa shape index (κ1) is 16.7. The summed E-state index contributed by atoms with van der Waals surface area (Å²) in [6, 6.07) is 0. The number of esters is 1. The molecule has 0 amide bonds. The van der Waals surface area contributed by atoms with Crippen molar-refractivity contribution in [1.29, 1.82) is 0 Å². The van der Waals surface area contributed by atoms with Crippen LogP contribution in [0.2, 0.25) is 0 Å². The molecule has 1 saturated heterocycles. The van der Waals surface area contributed by atoms with E-state index in [0.717, 1.165) is 13.0 Å². The molecule has 0 aliphatic carbocycles. The zero-order chi connectivity index (χ0) is 12.0. The number of piperidine rings is 1. The SMILES string of the molecule is CC(C)(C)C(=O)OCCCN1CCCCC1.Cl. The number of carbonyl (C=O) groups is 1. The largest absolute Gasteiger partial charge is 0.465 e. The molecule has 4 heteroatoms. The minimum absolute atomic E-state index is 0. The molecule has 1 aliphatic heterocycles. The van der Waals surface area contributed by atoms with E-state index in [1.165, 1.54) is 32.4 Å². The lowest BCUT2D eigenvalue weighted by Crippen LogP contribution is -2.31. The average Bonchev–Trinajstić information content (AvgIpc) is 2.24. The molecule has 102 valence electrons. The highest BCUT2D eigenvalue weighted by atomic mass is 35.5. The Bertz CT molecular complexity index is 220. The highest BCUT2D eigenvalue weighted by Gasteiger charge is 2.22. The highest BCUT2D eigenvalue weighted by Crippen LogP contribution is 2.15. The van der Waals surface area contributed by atoms with Crippen LogP contribution in [0.3, 0.4) is 0 Å². The van der Waals surface area contributed by atoms with Gasteiger partial charge in [-0.25, -0.2) is 0 Å². The van der Waals surface area contributed by atoms with Crippen LogP contribution < -0.4 is 0 Å². The van der Waals surface area contributed by atoms with Gasteiger partial charge in [-0.2, -0.15) is 0 Å². The molecule has 1 fully saturated rings. The van der Waals surface area contributed by atoms with Crippen molar-refractivity contribution in [2.45, 2.75) is 46.5 Å². The summed E-state index contributed by atoms with van der Waals surface area (Å²) >= 11 is 0. The van der Waals surface area contributed by atoms with Gasteiger partial charge in [-0.15, -0.1) is 12.4 Å². The maximum absolute atomic E-state index is 11.5. The van der Waals surface area contributed by atoms with Gasteiger partial charge in [-0.3, -0.25) is 4.79 Å². The third-order valence-corrected chi connectivity index (χ3v) is 2.91. The molecule has 0 aromatic rings. The molecule has 0 aromatic carbocycles. The van der Waals surface area contributed by atoms with Gasteiger partial charge >= 0.3 is 5.97 Å². The number of likely N-dealkylation sites (tertiary alicyclic amines) is 1. The third-order valence-electron chi connectivity index (χ3n) is 2.91. The molecule has 0 N–H and O–H groups in total. The first-order valence-corrected chi connectivity index (χ1v) is 6.40. The second kappa shape index (κ2) is 7.93. The van der Waals surface area contributed by atoms with Gasteiger partial charge in [-0.1, -0.05) is 6.42 Å². The Hall–Kier alpha value is -0.280. The molecular formula is C13H26ClNO2. The Labute approximate surface area is 111 Å². The van der Waals surface area contributed by atoms with Crippen LogP contribution in [0.25, 0.3) is 0 Å². The second-order valence-corrected chi connectivity index (χ2v) is 5.64. The van der Waals surface area contributed by atoms with Gasteiger partial charge in [0.25, 0.3) is 0 Å². The Morgan fingerprint density at radius 1 is 1.18 bits per heavy atom. The molecule has 1 aliphatic rings. The maximum atomic E-state index is 11.5. The molecule has 0 aromatic heterocycles. The Morgan fingerprint density at radius 2 is 1.76 bits per heavy atom. The summed E-state index contributed by atoms with van der Waals surface area (Å²) in [5, 5.41) is 0. The van der Waals surface area contributed by atoms with Gasteiger partial charge in [0.2, 0.25) is 0 Å². The number of halogens is 1. The van der Waals surface area contributed by atoms with Gasteiger partial charge in [0.05, 0.1) is 12.0 Å². The number of hydrogen-bond donors (Lipinski definition) is 0. The van der Waals surface area contributed by atoms with E-state index in [1.54, 1.807) is 0 Å². The van der Waals surface area contributed by atoms with E-state index >= 15 is 0 Å². The quantitative estimate of drug-likeness (QED) is 0.577. The molecule has 0 bridgehead atoms. The lowest BCUT2D eigenvalue weighted by atomic mass is 9.97. The van der Waals surface area contributed by atoms with E-state index in [1.807, 2.05) is 20.8 Å². The molecule has 0 spiro atoms. The van der Waals surface area contributed by atoms with Crippen molar-refractivity contribution >= 4 is 18.4 Å². The van der Waals surface area contributed by atoms with E-state index in [-0.39, 0.29) is 23.8 Å². The van der Waals surface area contributed by atoms with Crippen molar-refractivity contribution in [3.05, 3.63) is 0 Å². The molecule has 0 saturated carbocycles. The molecule has 0 unspecified atom stereocenters. The van der Waals surface area contributed by atoms with Gasteiger partial charge in [-0.05, 0) is 53.1 Å². The molecule has 1 heterocycles. The summed E-state index contributed by atoms with van der Waals surface area (Å²) < 4.78 is 5.23. The van der Waals surface area contributed by atoms with Gasteiger partial charge in [0.15, 0.2) is 0 Å². The van der Waals surface area contributed by atoms with Crippen molar-refractivity contribution in [3.8, 4) is 0 Å². The summed E-state index contributed by atoms with van der Waals surface area (Å²) in [4.78, 5) is 13.9. The summed E-state index contributed by atoms with van der Waals surface area (Å²) in [5.41, 5.74) is -0.370. The van der Waals surface area contributed by atoms with Crippen LogP contribution in [0.5, 0.6) is 0 Å². The van der Waals surface area contributed by atoms with Crippen LogP contribution in [0.1, 0.15) is 46.5 Å². The number of hydrogen-bond acceptors (Lipinski definition) is 3. The fraction of sp³-hybridized carbons (Fsp3) is 0.923. The summed E-state index contributed by atoms with van der Waals surface area (Å²) in [5.74, 6) is -0.0915. The monoisotopic (exact) mass is 263 g/mol. The lowest BCUT2D eigenvalue weighted by molar-refractivity contribution is -0.153.